The molecule has 0 spiro atoms. The highest BCUT2D eigenvalue weighted by molar-refractivity contribution is 5.94. The summed E-state index contributed by atoms with van der Waals surface area (Å²) in [5, 5.41) is 15.9. The van der Waals surface area contributed by atoms with Crippen LogP contribution in [0.4, 0.5) is 0 Å². The van der Waals surface area contributed by atoms with E-state index >= 15 is 0 Å². The zero-order chi connectivity index (χ0) is 16.3. The predicted molar refractivity (Wildman–Crippen MR) is 79.1 cm³/mol. The molecule has 1 unspecified atom stereocenters. The third-order valence-corrected chi connectivity index (χ3v) is 3.92. The summed E-state index contributed by atoms with van der Waals surface area (Å²) in [6.07, 6.45) is 1.67. The van der Waals surface area contributed by atoms with Crippen molar-refractivity contribution in [3.63, 3.8) is 0 Å². The molecule has 0 radical (unpaired) electrons. The van der Waals surface area contributed by atoms with Gasteiger partial charge in [0.15, 0.2) is 5.69 Å². The fourth-order valence-electron chi connectivity index (χ4n) is 2.67. The number of aliphatic hydroxyl groups excluding tert-OH is 1. The first-order chi connectivity index (χ1) is 10.4. The Labute approximate surface area is 129 Å². The molecule has 1 aliphatic rings. The van der Waals surface area contributed by atoms with Gasteiger partial charge in [0.1, 0.15) is 5.76 Å². The van der Waals surface area contributed by atoms with E-state index in [1.807, 2.05) is 13.8 Å². The average molecular weight is 309 g/mol. The Balaban J connectivity index is 2.01. The number of carbonyl (C=O) groups is 2. The Hall–Kier alpha value is -1.89. The lowest BCUT2D eigenvalue weighted by molar-refractivity contribution is -0.135. The average Bonchev–Trinajstić information content (AvgIpc) is 2.87. The van der Waals surface area contributed by atoms with E-state index in [0.717, 1.165) is 19.4 Å². The molecule has 0 bridgehead atoms. The van der Waals surface area contributed by atoms with Crippen molar-refractivity contribution in [2.75, 3.05) is 13.1 Å². The van der Waals surface area contributed by atoms with Crippen LogP contribution >= 0.6 is 0 Å². The molecule has 0 aliphatic carbocycles. The van der Waals surface area contributed by atoms with Crippen molar-refractivity contribution in [1.82, 2.24) is 15.4 Å². The number of carbonyl (C=O) groups excluding carboxylic acids is 2. The monoisotopic (exact) mass is 309 g/mol. The minimum Gasteiger partial charge on any atom is -0.391 e. The summed E-state index contributed by atoms with van der Waals surface area (Å²) in [7, 11) is 0. The summed E-state index contributed by atoms with van der Waals surface area (Å²) in [5.41, 5.74) is 0.524. The molecule has 2 N–H and O–H groups in total. The molecule has 1 aromatic heterocycles. The van der Waals surface area contributed by atoms with Crippen molar-refractivity contribution in [1.29, 1.82) is 0 Å². The van der Waals surface area contributed by atoms with Crippen LogP contribution in [-0.2, 0) is 11.4 Å². The van der Waals surface area contributed by atoms with E-state index in [1.165, 1.54) is 0 Å². The van der Waals surface area contributed by atoms with Crippen LogP contribution in [0.5, 0.6) is 0 Å². The van der Waals surface area contributed by atoms with Crippen LogP contribution in [0.2, 0.25) is 0 Å². The molecular weight excluding hydrogens is 286 g/mol. The molecule has 1 aromatic rings. The van der Waals surface area contributed by atoms with E-state index in [0.29, 0.717) is 17.9 Å². The van der Waals surface area contributed by atoms with Crippen molar-refractivity contribution in [3.05, 3.63) is 17.0 Å². The summed E-state index contributed by atoms with van der Waals surface area (Å²) in [6, 6.07) is -0.104. The molecule has 22 heavy (non-hydrogen) atoms. The zero-order valence-electron chi connectivity index (χ0n) is 13.3. The summed E-state index contributed by atoms with van der Waals surface area (Å²) in [6.45, 7) is 6.34. The van der Waals surface area contributed by atoms with Crippen molar-refractivity contribution in [2.45, 2.75) is 46.3 Å². The number of likely N-dealkylation sites (tertiary alicyclic amines) is 1. The van der Waals surface area contributed by atoms with Gasteiger partial charge in [-0.2, -0.15) is 0 Å². The van der Waals surface area contributed by atoms with Crippen LogP contribution in [0, 0.1) is 12.8 Å². The maximum atomic E-state index is 12.3. The molecular formula is C15H23N3O4. The first-order valence-electron chi connectivity index (χ1n) is 7.59. The van der Waals surface area contributed by atoms with Crippen LogP contribution < -0.4 is 5.32 Å². The topological polar surface area (TPSA) is 95.7 Å². The Morgan fingerprint density at radius 3 is 2.86 bits per heavy atom. The number of rotatable bonds is 4. The molecule has 1 aliphatic heterocycles. The summed E-state index contributed by atoms with van der Waals surface area (Å²) in [5.74, 6) is 0.124. The quantitative estimate of drug-likeness (QED) is 0.859. The SMILES string of the molecule is Cc1onc(C(=O)NC2CCCN(C(=O)C(C)C)C2)c1CO. The van der Waals surface area contributed by atoms with E-state index < -0.39 is 0 Å². The number of nitrogens with one attached hydrogen (secondary N) is 1. The minimum absolute atomic E-state index is 0.0476. The number of hydrogen-bond acceptors (Lipinski definition) is 5. The predicted octanol–water partition coefficient (Wildman–Crippen LogP) is 0.852. The number of aromatic nitrogens is 1. The van der Waals surface area contributed by atoms with E-state index in [1.54, 1.807) is 11.8 Å². The number of piperidine rings is 1. The third kappa shape index (κ3) is 3.47. The first kappa shape index (κ1) is 16.5. The van der Waals surface area contributed by atoms with Gasteiger partial charge in [0.25, 0.3) is 5.91 Å². The Kier molecular flexibility index (Phi) is 5.18. The fraction of sp³-hybridized carbons (Fsp3) is 0.667. The minimum atomic E-state index is -0.371. The summed E-state index contributed by atoms with van der Waals surface area (Å²) in [4.78, 5) is 26.1. The van der Waals surface area contributed by atoms with E-state index in [4.69, 9.17) is 4.52 Å². The number of nitrogens with zero attached hydrogens (tertiary/aromatic N) is 2. The van der Waals surface area contributed by atoms with Crippen LogP contribution in [-0.4, -0.2) is 46.1 Å². The van der Waals surface area contributed by atoms with Crippen LogP contribution in [0.1, 0.15) is 48.5 Å². The maximum Gasteiger partial charge on any atom is 0.274 e. The molecule has 0 saturated carbocycles. The lowest BCUT2D eigenvalue weighted by Crippen LogP contribution is -2.50. The molecule has 1 fully saturated rings. The molecule has 1 saturated heterocycles. The lowest BCUT2D eigenvalue weighted by atomic mass is 10.0. The number of aryl methyl sites for hydroxylation is 1. The first-order valence-corrected chi connectivity index (χ1v) is 7.59. The highest BCUT2D eigenvalue weighted by Crippen LogP contribution is 2.16. The van der Waals surface area contributed by atoms with Gasteiger partial charge >= 0.3 is 0 Å². The van der Waals surface area contributed by atoms with Gasteiger partial charge in [0.05, 0.1) is 12.2 Å². The maximum absolute atomic E-state index is 12.3. The third-order valence-electron chi connectivity index (χ3n) is 3.92. The van der Waals surface area contributed by atoms with Crippen LogP contribution in [0.3, 0.4) is 0 Å². The molecule has 0 aromatic carbocycles. The molecule has 2 heterocycles. The van der Waals surface area contributed by atoms with Crippen molar-refractivity contribution >= 4 is 11.8 Å². The second-order valence-corrected chi connectivity index (χ2v) is 5.98. The Morgan fingerprint density at radius 1 is 1.50 bits per heavy atom. The Bertz CT molecular complexity index is 553. The van der Waals surface area contributed by atoms with Crippen molar-refractivity contribution in [2.24, 2.45) is 5.92 Å². The number of aliphatic hydroxyl groups is 1. The second kappa shape index (κ2) is 6.91. The smallest absolute Gasteiger partial charge is 0.274 e. The summed E-state index contributed by atoms with van der Waals surface area (Å²) >= 11 is 0. The van der Waals surface area contributed by atoms with Gasteiger partial charge in [-0.1, -0.05) is 19.0 Å². The van der Waals surface area contributed by atoms with E-state index in [2.05, 4.69) is 10.5 Å². The molecule has 1 atom stereocenters. The zero-order valence-corrected chi connectivity index (χ0v) is 13.3. The van der Waals surface area contributed by atoms with Crippen LogP contribution in [0.15, 0.2) is 4.52 Å². The van der Waals surface area contributed by atoms with Gasteiger partial charge in [-0.3, -0.25) is 9.59 Å². The largest absolute Gasteiger partial charge is 0.391 e. The fourth-order valence-corrected chi connectivity index (χ4v) is 2.67. The van der Waals surface area contributed by atoms with Gasteiger partial charge in [0.2, 0.25) is 5.91 Å². The number of amides is 2. The molecule has 7 nitrogen and oxygen atoms in total. The van der Waals surface area contributed by atoms with Gasteiger partial charge in [-0.15, -0.1) is 0 Å². The Morgan fingerprint density at radius 2 is 2.23 bits per heavy atom. The van der Waals surface area contributed by atoms with Gasteiger partial charge in [-0.05, 0) is 19.8 Å². The standard InChI is InChI=1S/C15H23N3O4/c1-9(2)15(21)18-6-4-5-11(7-18)16-14(20)13-12(8-19)10(3)22-17-13/h9,11,19H,4-8H2,1-3H3,(H,16,20). The highest BCUT2D eigenvalue weighted by Gasteiger charge is 2.28. The summed E-state index contributed by atoms with van der Waals surface area (Å²) < 4.78 is 4.95. The van der Waals surface area contributed by atoms with Gasteiger partial charge in [0, 0.05) is 25.0 Å². The van der Waals surface area contributed by atoms with E-state index in [9.17, 15) is 14.7 Å². The van der Waals surface area contributed by atoms with Crippen molar-refractivity contribution in [3.8, 4) is 0 Å². The number of hydrogen-bond donors (Lipinski definition) is 2. The highest BCUT2D eigenvalue weighted by atomic mass is 16.5. The molecule has 2 rings (SSSR count). The molecule has 2 amide bonds. The van der Waals surface area contributed by atoms with Crippen LogP contribution in [0.25, 0.3) is 0 Å². The van der Waals surface area contributed by atoms with E-state index in [-0.39, 0.29) is 36.1 Å². The van der Waals surface area contributed by atoms with Gasteiger partial charge < -0.3 is 19.8 Å². The normalized spacial score (nSPS) is 18.6. The second-order valence-electron chi connectivity index (χ2n) is 5.98. The molecule has 7 heteroatoms. The van der Waals surface area contributed by atoms with Gasteiger partial charge in [-0.25, -0.2) is 0 Å². The lowest BCUT2D eigenvalue weighted by Gasteiger charge is -2.34. The van der Waals surface area contributed by atoms with Crippen molar-refractivity contribution < 1.29 is 19.2 Å². The molecule has 122 valence electrons.